The van der Waals surface area contributed by atoms with Crippen LogP contribution in [0.4, 0.5) is 0 Å². The van der Waals surface area contributed by atoms with Gasteiger partial charge in [-0.25, -0.2) is 0 Å². The predicted octanol–water partition coefficient (Wildman–Crippen LogP) is 2.88. The van der Waals surface area contributed by atoms with Gasteiger partial charge in [0.25, 0.3) is 0 Å². The predicted molar refractivity (Wildman–Crippen MR) is 103 cm³/mol. The lowest BCUT2D eigenvalue weighted by atomic mass is 9.97. The van der Waals surface area contributed by atoms with Crippen molar-refractivity contribution in [1.82, 2.24) is 10.2 Å². The minimum absolute atomic E-state index is 0.0116. The third kappa shape index (κ3) is 5.61. The number of aliphatic imine (C=N–C) groups is 1. The summed E-state index contributed by atoms with van der Waals surface area (Å²) in [6.07, 6.45) is 1.44. The van der Waals surface area contributed by atoms with Gasteiger partial charge in [0.05, 0.1) is 18.6 Å². The summed E-state index contributed by atoms with van der Waals surface area (Å²) in [6.45, 7) is 4.41. The molecule has 1 saturated heterocycles. The smallest absolute Gasteiger partial charge is 0.309 e. The fraction of sp³-hybridized carbons (Fsp3) is 0.579. The van der Waals surface area contributed by atoms with Crippen molar-refractivity contribution in [3.05, 3.63) is 34.9 Å². The summed E-state index contributed by atoms with van der Waals surface area (Å²) >= 11 is 6.07. The largest absolute Gasteiger partial charge is 0.466 e. The molecule has 0 radical (unpaired) electrons. The quantitative estimate of drug-likeness (QED) is 0.466. The molecule has 26 heavy (non-hydrogen) atoms. The maximum Gasteiger partial charge on any atom is 0.309 e. The van der Waals surface area contributed by atoms with Crippen molar-refractivity contribution in [3.63, 3.8) is 0 Å². The zero-order valence-corrected chi connectivity index (χ0v) is 16.5. The van der Waals surface area contributed by atoms with Crippen molar-refractivity contribution < 1.29 is 14.3 Å². The standard InChI is InChI=1S/C19H28ClN3O3/c1-4-26-18(24)14-8-10-23(11-9-14)19(21-2)22-13-17(25-3)15-6-5-7-16(20)12-15/h5-7,12,14,17H,4,8-11,13H2,1-3H3,(H,21,22). The first kappa shape index (κ1) is 20.5. The van der Waals surface area contributed by atoms with E-state index in [-0.39, 0.29) is 18.0 Å². The lowest BCUT2D eigenvalue weighted by Gasteiger charge is -2.33. The van der Waals surface area contributed by atoms with E-state index in [1.54, 1.807) is 14.2 Å². The number of hydrogen-bond donors (Lipinski definition) is 1. The summed E-state index contributed by atoms with van der Waals surface area (Å²) in [6, 6.07) is 7.66. The molecule has 6 nitrogen and oxygen atoms in total. The number of piperidine rings is 1. The van der Waals surface area contributed by atoms with Gasteiger partial charge in [-0.15, -0.1) is 0 Å². The van der Waals surface area contributed by atoms with Crippen LogP contribution in [0.3, 0.4) is 0 Å². The number of nitrogens with one attached hydrogen (secondary N) is 1. The molecule has 1 aliphatic rings. The Bertz CT molecular complexity index is 616. The Morgan fingerprint density at radius 3 is 2.73 bits per heavy atom. The van der Waals surface area contributed by atoms with Gasteiger partial charge in [0.15, 0.2) is 5.96 Å². The summed E-state index contributed by atoms with van der Waals surface area (Å²) < 4.78 is 10.7. The highest BCUT2D eigenvalue weighted by molar-refractivity contribution is 6.30. The molecule has 1 heterocycles. The van der Waals surface area contributed by atoms with Crippen molar-refractivity contribution in [2.45, 2.75) is 25.9 Å². The van der Waals surface area contributed by atoms with Crippen LogP contribution in [-0.2, 0) is 14.3 Å². The van der Waals surface area contributed by atoms with Gasteiger partial charge in [0.1, 0.15) is 0 Å². The van der Waals surface area contributed by atoms with E-state index in [2.05, 4.69) is 15.2 Å². The summed E-state index contributed by atoms with van der Waals surface area (Å²) in [5.41, 5.74) is 1.02. The number of halogens is 1. The second-order valence-electron chi connectivity index (χ2n) is 6.22. The van der Waals surface area contributed by atoms with Crippen molar-refractivity contribution in [2.24, 2.45) is 10.9 Å². The summed E-state index contributed by atoms with van der Waals surface area (Å²) in [7, 11) is 3.45. The number of nitrogens with zero attached hydrogens (tertiary/aromatic N) is 2. The molecule has 1 aromatic carbocycles. The first-order valence-corrected chi connectivity index (χ1v) is 9.37. The number of carbonyl (C=O) groups excluding carboxylic acids is 1. The second kappa shape index (κ2) is 10.4. The molecule has 0 amide bonds. The van der Waals surface area contributed by atoms with E-state index < -0.39 is 0 Å². The van der Waals surface area contributed by atoms with Crippen LogP contribution in [0, 0.1) is 5.92 Å². The van der Waals surface area contributed by atoms with E-state index in [0.29, 0.717) is 18.2 Å². The summed E-state index contributed by atoms with van der Waals surface area (Å²) in [5, 5.41) is 4.06. The van der Waals surface area contributed by atoms with Gasteiger partial charge < -0.3 is 19.7 Å². The number of likely N-dealkylation sites (tertiary alicyclic amines) is 1. The Kier molecular flexibility index (Phi) is 8.19. The number of benzene rings is 1. The van der Waals surface area contributed by atoms with Gasteiger partial charge >= 0.3 is 5.97 Å². The molecule has 0 saturated carbocycles. The molecule has 1 N–H and O–H groups in total. The molecule has 1 aliphatic heterocycles. The molecule has 1 aromatic rings. The van der Waals surface area contributed by atoms with Gasteiger partial charge in [-0.3, -0.25) is 9.79 Å². The molecule has 2 rings (SSSR count). The fourth-order valence-electron chi connectivity index (χ4n) is 3.15. The van der Waals surface area contributed by atoms with E-state index in [9.17, 15) is 4.79 Å². The maximum absolute atomic E-state index is 11.9. The first-order valence-electron chi connectivity index (χ1n) is 8.99. The van der Waals surface area contributed by atoms with Crippen LogP contribution in [0.15, 0.2) is 29.3 Å². The van der Waals surface area contributed by atoms with Gasteiger partial charge in [-0.05, 0) is 37.5 Å². The monoisotopic (exact) mass is 381 g/mol. The molecule has 0 bridgehead atoms. The van der Waals surface area contributed by atoms with Crippen molar-refractivity contribution >= 4 is 23.5 Å². The van der Waals surface area contributed by atoms with Gasteiger partial charge in [0, 0.05) is 38.8 Å². The number of esters is 1. The molecule has 0 spiro atoms. The fourth-order valence-corrected chi connectivity index (χ4v) is 3.35. The Labute approximate surface area is 160 Å². The van der Waals surface area contributed by atoms with E-state index in [4.69, 9.17) is 21.1 Å². The van der Waals surface area contributed by atoms with Crippen LogP contribution in [0.1, 0.15) is 31.4 Å². The zero-order chi connectivity index (χ0) is 18.9. The molecule has 0 aromatic heterocycles. The maximum atomic E-state index is 11.9. The average molecular weight is 382 g/mol. The molecule has 7 heteroatoms. The second-order valence-corrected chi connectivity index (χ2v) is 6.66. The average Bonchev–Trinajstić information content (AvgIpc) is 2.66. The molecule has 1 fully saturated rings. The number of guanidine groups is 1. The van der Waals surface area contributed by atoms with Gasteiger partial charge in [-0.1, -0.05) is 23.7 Å². The van der Waals surface area contributed by atoms with Crippen LogP contribution >= 0.6 is 11.6 Å². The highest BCUT2D eigenvalue weighted by Crippen LogP contribution is 2.21. The molecule has 1 atom stereocenters. The molecule has 1 unspecified atom stereocenters. The zero-order valence-electron chi connectivity index (χ0n) is 15.7. The third-order valence-electron chi connectivity index (χ3n) is 4.58. The Morgan fingerprint density at radius 2 is 2.15 bits per heavy atom. The normalized spacial score (nSPS) is 17.1. The highest BCUT2D eigenvalue weighted by atomic mass is 35.5. The van der Waals surface area contributed by atoms with Gasteiger partial charge in [-0.2, -0.15) is 0 Å². The van der Waals surface area contributed by atoms with Crippen LogP contribution in [0.2, 0.25) is 5.02 Å². The first-order chi connectivity index (χ1) is 12.6. The minimum atomic E-state index is -0.123. The number of methoxy groups -OCH3 is 1. The van der Waals surface area contributed by atoms with E-state index in [1.165, 1.54) is 0 Å². The summed E-state index contributed by atoms with van der Waals surface area (Å²) in [4.78, 5) is 18.4. The minimum Gasteiger partial charge on any atom is -0.466 e. The third-order valence-corrected chi connectivity index (χ3v) is 4.81. The lowest BCUT2D eigenvalue weighted by Crippen LogP contribution is -2.47. The van der Waals surface area contributed by atoms with Crippen LogP contribution in [-0.4, -0.2) is 57.2 Å². The van der Waals surface area contributed by atoms with E-state index in [0.717, 1.165) is 37.5 Å². The van der Waals surface area contributed by atoms with Crippen molar-refractivity contribution in [3.8, 4) is 0 Å². The van der Waals surface area contributed by atoms with Crippen LogP contribution in [0.5, 0.6) is 0 Å². The highest BCUT2D eigenvalue weighted by Gasteiger charge is 2.27. The number of ether oxygens (including phenoxy) is 2. The van der Waals surface area contributed by atoms with E-state index in [1.807, 2.05) is 31.2 Å². The Morgan fingerprint density at radius 1 is 1.42 bits per heavy atom. The number of carbonyl (C=O) groups is 1. The molecule has 0 aliphatic carbocycles. The molecular weight excluding hydrogens is 354 g/mol. The summed E-state index contributed by atoms with van der Waals surface area (Å²) in [5.74, 6) is 0.717. The number of rotatable bonds is 6. The Balaban J connectivity index is 1.88. The van der Waals surface area contributed by atoms with Crippen LogP contribution in [0.25, 0.3) is 0 Å². The SMILES string of the molecule is CCOC(=O)C1CCN(C(=NC)NCC(OC)c2cccc(Cl)c2)CC1. The molecule has 144 valence electrons. The van der Waals surface area contributed by atoms with E-state index >= 15 is 0 Å². The van der Waals surface area contributed by atoms with Gasteiger partial charge in [0.2, 0.25) is 0 Å². The number of hydrogen-bond acceptors (Lipinski definition) is 4. The van der Waals surface area contributed by atoms with Crippen molar-refractivity contribution in [2.75, 3.05) is 40.4 Å². The van der Waals surface area contributed by atoms with Crippen LogP contribution < -0.4 is 5.32 Å². The lowest BCUT2D eigenvalue weighted by molar-refractivity contribution is -0.149. The topological polar surface area (TPSA) is 63.2 Å². The molecular formula is C19H28ClN3O3. The van der Waals surface area contributed by atoms with Crippen molar-refractivity contribution in [1.29, 1.82) is 0 Å². The Hall–Kier alpha value is -1.79.